The van der Waals surface area contributed by atoms with Gasteiger partial charge in [0.1, 0.15) is 6.04 Å². The molecule has 0 radical (unpaired) electrons. The summed E-state index contributed by atoms with van der Waals surface area (Å²) in [6.45, 7) is 1.34. The summed E-state index contributed by atoms with van der Waals surface area (Å²) in [7, 11) is 0. The van der Waals surface area contributed by atoms with Gasteiger partial charge in [0.15, 0.2) is 0 Å². The minimum Gasteiger partial charge on any atom is -0.368 e. The number of rotatable bonds is 3. The predicted octanol–water partition coefficient (Wildman–Crippen LogP) is 2.07. The lowest BCUT2D eigenvalue weighted by atomic mass is 10.1. The van der Waals surface area contributed by atoms with Gasteiger partial charge in [-0.1, -0.05) is 0 Å². The predicted molar refractivity (Wildman–Crippen MR) is 65.3 cm³/mol. The molecule has 0 aromatic heterocycles. The van der Waals surface area contributed by atoms with E-state index in [0.717, 1.165) is 12.1 Å². The smallest absolute Gasteiger partial charge is 0.368 e. The molecule has 1 aromatic carbocycles. The summed E-state index contributed by atoms with van der Waals surface area (Å²) in [6, 6.07) is 1.69. The first kappa shape index (κ1) is 15.5. The summed E-state index contributed by atoms with van der Waals surface area (Å²) in [6.07, 6.45) is -4.55. The second kappa shape index (κ2) is 5.60. The number of carbonyl (C=O) groups excluding carboxylic acids is 2. The summed E-state index contributed by atoms with van der Waals surface area (Å²) < 4.78 is 37.8. The van der Waals surface area contributed by atoms with Gasteiger partial charge >= 0.3 is 6.18 Å². The van der Waals surface area contributed by atoms with E-state index in [9.17, 15) is 22.8 Å². The molecular weight excluding hydrogens is 329 g/mol. The van der Waals surface area contributed by atoms with Gasteiger partial charge in [0.2, 0.25) is 5.91 Å². The molecule has 19 heavy (non-hydrogen) atoms. The number of primary amides is 1. The van der Waals surface area contributed by atoms with Gasteiger partial charge in [-0.2, -0.15) is 13.2 Å². The first-order chi connectivity index (χ1) is 8.62. The largest absolute Gasteiger partial charge is 0.416 e. The third-order valence-electron chi connectivity index (χ3n) is 2.31. The van der Waals surface area contributed by atoms with E-state index < -0.39 is 29.6 Å². The van der Waals surface area contributed by atoms with Crippen LogP contribution in [-0.4, -0.2) is 17.9 Å². The summed E-state index contributed by atoms with van der Waals surface area (Å²) in [5.41, 5.74) is 3.78. The Labute approximate surface area is 115 Å². The molecule has 3 N–H and O–H groups in total. The molecule has 0 aliphatic heterocycles. The van der Waals surface area contributed by atoms with Crippen LogP contribution in [0.1, 0.15) is 22.8 Å². The van der Waals surface area contributed by atoms with E-state index in [1.54, 1.807) is 0 Å². The van der Waals surface area contributed by atoms with E-state index in [-0.39, 0.29) is 10.0 Å². The van der Waals surface area contributed by atoms with E-state index in [2.05, 4.69) is 21.2 Å². The van der Waals surface area contributed by atoms with E-state index in [0.29, 0.717) is 6.07 Å². The average Bonchev–Trinajstić information content (AvgIpc) is 2.27. The maximum absolute atomic E-state index is 12.5. The van der Waals surface area contributed by atoms with Crippen LogP contribution in [0.5, 0.6) is 0 Å². The summed E-state index contributed by atoms with van der Waals surface area (Å²) >= 11 is 2.98. The molecule has 0 fully saturated rings. The molecule has 0 saturated heterocycles. The van der Waals surface area contributed by atoms with Crippen LogP contribution >= 0.6 is 15.9 Å². The zero-order chi connectivity index (χ0) is 14.8. The van der Waals surface area contributed by atoms with Crippen molar-refractivity contribution < 1.29 is 22.8 Å². The number of carbonyl (C=O) groups is 2. The van der Waals surface area contributed by atoms with Crippen molar-refractivity contribution in [1.82, 2.24) is 5.32 Å². The van der Waals surface area contributed by atoms with Crippen LogP contribution in [0, 0.1) is 0 Å². The Bertz CT molecular complexity index is 517. The molecule has 0 heterocycles. The van der Waals surface area contributed by atoms with Crippen molar-refractivity contribution in [3.63, 3.8) is 0 Å². The fraction of sp³-hybridized carbons (Fsp3) is 0.273. The second-order valence-corrected chi connectivity index (χ2v) is 4.64. The molecule has 1 atom stereocenters. The Morgan fingerprint density at radius 3 is 2.42 bits per heavy atom. The molecule has 8 heteroatoms. The first-order valence-electron chi connectivity index (χ1n) is 5.10. The lowest BCUT2D eigenvalue weighted by Gasteiger charge is -2.13. The van der Waals surface area contributed by atoms with Gasteiger partial charge in [0, 0.05) is 4.47 Å². The Morgan fingerprint density at radius 1 is 1.37 bits per heavy atom. The quantitative estimate of drug-likeness (QED) is 0.885. The van der Waals surface area contributed by atoms with Crippen LogP contribution in [0.4, 0.5) is 13.2 Å². The number of nitrogens with one attached hydrogen (secondary N) is 1. The highest BCUT2D eigenvalue weighted by molar-refractivity contribution is 9.10. The third-order valence-corrected chi connectivity index (χ3v) is 3.00. The molecule has 0 saturated carbocycles. The molecule has 2 amide bonds. The Morgan fingerprint density at radius 2 is 1.95 bits per heavy atom. The maximum Gasteiger partial charge on any atom is 0.416 e. The van der Waals surface area contributed by atoms with Crippen molar-refractivity contribution in [3.05, 3.63) is 33.8 Å². The highest BCUT2D eigenvalue weighted by atomic mass is 79.9. The molecule has 1 aromatic rings. The monoisotopic (exact) mass is 338 g/mol. The van der Waals surface area contributed by atoms with Gasteiger partial charge in [0.05, 0.1) is 11.1 Å². The van der Waals surface area contributed by atoms with Crippen molar-refractivity contribution in [2.45, 2.75) is 19.1 Å². The molecule has 1 rings (SSSR count). The highest BCUT2D eigenvalue weighted by Gasteiger charge is 2.31. The lowest BCUT2D eigenvalue weighted by molar-refractivity contribution is -0.137. The Hall–Kier alpha value is -1.57. The van der Waals surface area contributed by atoms with Gasteiger partial charge < -0.3 is 11.1 Å². The second-order valence-electron chi connectivity index (χ2n) is 3.79. The molecular formula is C11H10BrF3N2O2. The average molecular weight is 339 g/mol. The van der Waals surface area contributed by atoms with E-state index >= 15 is 0 Å². The number of amides is 2. The zero-order valence-corrected chi connectivity index (χ0v) is 11.3. The number of halogens is 4. The number of alkyl halides is 3. The van der Waals surface area contributed by atoms with Gasteiger partial charge in [-0.25, -0.2) is 0 Å². The van der Waals surface area contributed by atoms with Crippen molar-refractivity contribution in [3.8, 4) is 0 Å². The van der Waals surface area contributed by atoms with Crippen molar-refractivity contribution >= 4 is 27.7 Å². The molecule has 0 aliphatic carbocycles. The standard InChI is InChI=1S/C11H10BrF3N2O2/c1-5(9(16)18)17-10(19)7-4-6(11(13,14)15)2-3-8(7)12/h2-5H,1H3,(H2,16,18)(H,17,19). The van der Waals surface area contributed by atoms with Crippen molar-refractivity contribution in [2.24, 2.45) is 5.73 Å². The molecule has 1 unspecified atom stereocenters. The van der Waals surface area contributed by atoms with Crippen LogP contribution in [-0.2, 0) is 11.0 Å². The summed E-state index contributed by atoms with van der Waals surface area (Å²) in [5.74, 6) is -1.60. The normalized spacial score (nSPS) is 12.9. The molecule has 104 valence electrons. The molecule has 0 spiro atoms. The number of hydrogen-bond donors (Lipinski definition) is 2. The molecule has 0 bridgehead atoms. The van der Waals surface area contributed by atoms with Crippen molar-refractivity contribution in [1.29, 1.82) is 0 Å². The fourth-order valence-electron chi connectivity index (χ4n) is 1.22. The fourth-order valence-corrected chi connectivity index (χ4v) is 1.65. The minimum atomic E-state index is -4.55. The van der Waals surface area contributed by atoms with Gasteiger partial charge in [-0.3, -0.25) is 9.59 Å². The van der Waals surface area contributed by atoms with Crippen LogP contribution in [0.2, 0.25) is 0 Å². The summed E-state index contributed by atoms with van der Waals surface area (Å²) in [4.78, 5) is 22.5. The van der Waals surface area contributed by atoms with E-state index in [1.165, 1.54) is 6.92 Å². The van der Waals surface area contributed by atoms with Crippen molar-refractivity contribution in [2.75, 3.05) is 0 Å². The zero-order valence-electron chi connectivity index (χ0n) is 9.72. The summed E-state index contributed by atoms with van der Waals surface area (Å²) in [5, 5.41) is 2.20. The van der Waals surface area contributed by atoms with Crippen LogP contribution in [0.25, 0.3) is 0 Å². The lowest BCUT2D eigenvalue weighted by Crippen LogP contribution is -2.42. The molecule has 4 nitrogen and oxygen atoms in total. The number of nitrogens with two attached hydrogens (primary N) is 1. The SMILES string of the molecule is CC(NC(=O)c1cc(C(F)(F)F)ccc1Br)C(N)=O. The van der Waals surface area contributed by atoms with Gasteiger partial charge in [-0.15, -0.1) is 0 Å². The minimum absolute atomic E-state index is 0.190. The molecule has 0 aliphatic rings. The topological polar surface area (TPSA) is 72.2 Å². The maximum atomic E-state index is 12.5. The van der Waals surface area contributed by atoms with Gasteiger partial charge in [-0.05, 0) is 41.1 Å². The van der Waals surface area contributed by atoms with E-state index in [1.807, 2.05) is 0 Å². The highest BCUT2D eigenvalue weighted by Crippen LogP contribution is 2.31. The van der Waals surface area contributed by atoms with Crippen LogP contribution < -0.4 is 11.1 Å². The number of benzene rings is 1. The van der Waals surface area contributed by atoms with Crippen LogP contribution in [0.15, 0.2) is 22.7 Å². The van der Waals surface area contributed by atoms with Crippen LogP contribution in [0.3, 0.4) is 0 Å². The third kappa shape index (κ3) is 3.95. The van der Waals surface area contributed by atoms with E-state index in [4.69, 9.17) is 5.73 Å². The van der Waals surface area contributed by atoms with Gasteiger partial charge in [0.25, 0.3) is 5.91 Å². The first-order valence-corrected chi connectivity index (χ1v) is 5.89. The number of hydrogen-bond acceptors (Lipinski definition) is 2. The Balaban J connectivity index is 3.06. The Kier molecular flexibility index (Phi) is 4.56.